The Hall–Kier alpha value is -1.12. The summed E-state index contributed by atoms with van der Waals surface area (Å²) in [6.07, 6.45) is 16.1. The summed E-state index contributed by atoms with van der Waals surface area (Å²) < 4.78 is 32.8. The van der Waals surface area contributed by atoms with Crippen LogP contribution in [0.1, 0.15) is 84.0 Å². The van der Waals surface area contributed by atoms with Crippen LogP contribution < -0.4 is 4.74 Å². The van der Waals surface area contributed by atoms with E-state index in [-0.39, 0.29) is 5.75 Å². The average Bonchev–Trinajstić information content (AvgIpc) is 2.69. The van der Waals surface area contributed by atoms with Crippen molar-refractivity contribution in [3.05, 3.63) is 29.8 Å². The molecule has 1 aromatic carbocycles. The molecule has 1 nitrogen and oxygen atoms in total. The molecule has 2 aliphatic rings. The van der Waals surface area contributed by atoms with Crippen molar-refractivity contribution in [1.29, 1.82) is 0 Å². The first-order valence-corrected chi connectivity index (χ1v) is 11.2. The van der Waals surface area contributed by atoms with Crippen LogP contribution in [0.5, 0.6) is 5.75 Å². The zero-order valence-corrected chi connectivity index (χ0v) is 16.9. The molecule has 2 aliphatic carbocycles. The fourth-order valence-corrected chi connectivity index (χ4v) is 5.28. The lowest BCUT2D eigenvalue weighted by Gasteiger charge is -2.38. The molecule has 0 atom stereocenters. The largest absolute Gasteiger partial charge is 0.487 e. The second-order valence-electron chi connectivity index (χ2n) is 8.92. The predicted molar refractivity (Wildman–Crippen MR) is 107 cm³/mol. The van der Waals surface area contributed by atoms with Gasteiger partial charge in [0.05, 0.1) is 6.61 Å². The quantitative estimate of drug-likeness (QED) is 0.425. The van der Waals surface area contributed by atoms with Crippen molar-refractivity contribution in [3.8, 4) is 5.75 Å². The van der Waals surface area contributed by atoms with Gasteiger partial charge in [-0.25, -0.2) is 8.78 Å². The van der Waals surface area contributed by atoms with E-state index in [0.717, 1.165) is 30.6 Å². The highest BCUT2D eigenvalue weighted by Crippen LogP contribution is 2.42. The van der Waals surface area contributed by atoms with Crippen LogP contribution >= 0.6 is 0 Å². The molecule has 27 heavy (non-hydrogen) atoms. The Morgan fingerprint density at radius 1 is 0.815 bits per heavy atom. The fraction of sp³-hybridized carbons (Fsp3) is 0.750. The van der Waals surface area contributed by atoms with E-state index < -0.39 is 11.6 Å². The van der Waals surface area contributed by atoms with Crippen molar-refractivity contribution in [2.24, 2.45) is 23.7 Å². The Bertz CT molecular complexity index is 537. The number of benzene rings is 1. The lowest BCUT2D eigenvalue weighted by atomic mass is 9.69. The lowest BCUT2D eigenvalue weighted by molar-refractivity contribution is 0.119. The number of para-hydroxylation sites is 1. The van der Waals surface area contributed by atoms with Gasteiger partial charge in [-0.15, -0.1) is 0 Å². The Morgan fingerprint density at radius 3 is 1.93 bits per heavy atom. The van der Waals surface area contributed by atoms with Gasteiger partial charge < -0.3 is 4.74 Å². The molecule has 0 aromatic heterocycles. The Balaban J connectivity index is 1.36. The van der Waals surface area contributed by atoms with Crippen molar-refractivity contribution in [2.45, 2.75) is 84.0 Å². The van der Waals surface area contributed by atoms with E-state index in [1.807, 2.05) is 0 Å². The van der Waals surface area contributed by atoms with Crippen molar-refractivity contribution in [2.75, 3.05) is 6.61 Å². The average molecular weight is 379 g/mol. The van der Waals surface area contributed by atoms with E-state index in [1.165, 1.54) is 82.4 Å². The maximum atomic E-state index is 13.7. The standard InChI is InChI=1S/C24H36F2O/c1-2-3-4-6-18-9-13-20(14-10-18)21-15-11-19(12-16-21)17-27-24-22(25)7-5-8-23(24)26/h5,7-8,18-21H,2-4,6,9-17H2,1H3/t18-,19-,20-,21-. The van der Waals surface area contributed by atoms with Crippen LogP contribution in [0, 0.1) is 35.3 Å². The molecule has 0 heterocycles. The van der Waals surface area contributed by atoms with Crippen LogP contribution in [0.25, 0.3) is 0 Å². The maximum absolute atomic E-state index is 13.7. The molecule has 0 radical (unpaired) electrons. The summed E-state index contributed by atoms with van der Waals surface area (Å²) in [7, 11) is 0. The summed E-state index contributed by atoms with van der Waals surface area (Å²) in [5.41, 5.74) is 0. The zero-order valence-electron chi connectivity index (χ0n) is 16.9. The molecule has 0 bridgehead atoms. The van der Waals surface area contributed by atoms with Gasteiger partial charge in [-0.3, -0.25) is 0 Å². The first-order chi connectivity index (χ1) is 13.2. The second-order valence-corrected chi connectivity index (χ2v) is 8.92. The number of unbranched alkanes of at least 4 members (excludes halogenated alkanes) is 2. The minimum atomic E-state index is -0.598. The highest BCUT2D eigenvalue weighted by atomic mass is 19.1. The number of hydrogen-bond acceptors (Lipinski definition) is 1. The van der Waals surface area contributed by atoms with Gasteiger partial charge in [-0.2, -0.15) is 0 Å². The van der Waals surface area contributed by atoms with Crippen molar-refractivity contribution in [3.63, 3.8) is 0 Å². The summed E-state index contributed by atoms with van der Waals surface area (Å²) in [6, 6.07) is 3.89. The molecule has 0 spiro atoms. The Morgan fingerprint density at radius 2 is 1.37 bits per heavy atom. The van der Waals surface area contributed by atoms with E-state index in [9.17, 15) is 8.78 Å². The third kappa shape index (κ3) is 5.93. The van der Waals surface area contributed by atoms with Gasteiger partial charge >= 0.3 is 0 Å². The van der Waals surface area contributed by atoms with E-state index in [0.29, 0.717) is 12.5 Å². The molecule has 0 saturated heterocycles. The van der Waals surface area contributed by atoms with E-state index in [4.69, 9.17) is 4.74 Å². The van der Waals surface area contributed by atoms with Crippen LogP contribution in [-0.4, -0.2) is 6.61 Å². The lowest BCUT2D eigenvalue weighted by Crippen LogP contribution is -2.27. The summed E-state index contributed by atoms with van der Waals surface area (Å²) in [5.74, 6) is 1.79. The minimum Gasteiger partial charge on any atom is -0.487 e. The molecule has 1 aromatic rings. The Labute approximate surface area is 163 Å². The molecule has 0 amide bonds. The molecule has 152 valence electrons. The first-order valence-electron chi connectivity index (χ1n) is 11.2. The topological polar surface area (TPSA) is 9.23 Å². The fourth-order valence-electron chi connectivity index (χ4n) is 5.28. The predicted octanol–water partition coefficient (Wildman–Crippen LogP) is 7.54. The van der Waals surface area contributed by atoms with Crippen LogP contribution in [0.15, 0.2) is 18.2 Å². The summed E-state index contributed by atoms with van der Waals surface area (Å²) >= 11 is 0. The molecule has 2 fully saturated rings. The maximum Gasteiger partial charge on any atom is 0.190 e. The van der Waals surface area contributed by atoms with Gasteiger partial charge in [0.15, 0.2) is 17.4 Å². The molecular weight excluding hydrogens is 342 g/mol. The molecule has 0 unspecified atom stereocenters. The molecular formula is C24H36F2O. The van der Waals surface area contributed by atoms with Gasteiger partial charge in [0, 0.05) is 0 Å². The monoisotopic (exact) mass is 378 g/mol. The number of ether oxygens (including phenoxy) is 1. The SMILES string of the molecule is CCCCC[C@H]1CC[C@H]([C@H]2CC[C@H](COc3c(F)cccc3F)CC2)CC1. The third-order valence-corrected chi connectivity index (χ3v) is 7.05. The Kier molecular flexibility index (Phi) is 7.96. The van der Waals surface area contributed by atoms with Gasteiger partial charge in [-0.1, -0.05) is 51.5 Å². The highest BCUT2D eigenvalue weighted by Gasteiger charge is 2.31. The molecule has 3 heteroatoms. The third-order valence-electron chi connectivity index (χ3n) is 7.05. The normalized spacial score (nSPS) is 28.9. The van der Waals surface area contributed by atoms with Crippen molar-refractivity contribution in [1.82, 2.24) is 0 Å². The number of rotatable bonds is 8. The smallest absolute Gasteiger partial charge is 0.190 e. The van der Waals surface area contributed by atoms with Gasteiger partial charge in [0.1, 0.15) is 0 Å². The summed E-state index contributed by atoms with van der Waals surface area (Å²) in [4.78, 5) is 0. The highest BCUT2D eigenvalue weighted by molar-refractivity contribution is 5.25. The van der Waals surface area contributed by atoms with Gasteiger partial charge in [0.25, 0.3) is 0 Å². The number of hydrogen-bond donors (Lipinski definition) is 0. The van der Waals surface area contributed by atoms with Gasteiger partial charge in [0.2, 0.25) is 0 Å². The van der Waals surface area contributed by atoms with E-state index in [1.54, 1.807) is 0 Å². The van der Waals surface area contributed by atoms with Crippen LogP contribution in [0.2, 0.25) is 0 Å². The van der Waals surface area contributed by atoms with Crippen molar-refractivity contribution < 1.29 is 13.5 Å². The number of halogens is 2. The van der Waals surface area contributed by atoms with Crippen LogP contribution in [-0.2, 0) is 0 Å². The zero-order chi connectivity index (χ0) is 19.1. The van der Waals surface area contributed by atoms with Crippen molar-refractivity contribution >= 4 is 0 Å². The van der Waals surface area contributed by atoms with E-state index in [2.05, 4.69) is 6.92 Å². The molecule has 3 rings (SSSR count). The van der Waals surface area contributed by atoms with Gasteiger partial charge in [-0.05, 0) is 74.3 Å². The summed E-state index contributed by atoms with van der Waals surface area (Å²) in [5, 5.41) is 0. The van der Waals surface area contributed by atoms with Crippen LogP contribution in [0.4, 0.5) is 8.78 Å². The first kappa shape index (κ1) is 20.6. The van der Waals surface area contributed by atoms with E-state index >= 15 is 0 Å². The minimum absolute atomic E-state index is 0.207. The molecule has 0 N–H and O–H groups in total. The summed E-state index contributed by atoms with van der Waals surface area (Å²) in [6.45, 7) is 2.72. The molecule has 2 saturated carbocycles. The van der Waals surface area contributed by atoms with Crippen LogP contribution in [0.3, 0.4) is 0 Å². The molecule has 0 aliphatic heterocycles. The second kappa shape index (κ2) is 10.4.